The molecule has 6 N–H and O–H groups in total. The van der Waals surface area contributed by atoms with E-state index in [2.05, 4.69) is 0 Å². The smallest absolute Gasteiger partial charge is 0.159 e. The van der Waals surface area contributed by atoms with Gasteiger partial charge >= 0.3 is 0 Å². The van der Waals surface area contributed by atoms with Gasteiger partial charge in [-0.3, -0.25) is 4.79 Å². The van der Waals surface area contributed by atoms with E-state index in [9.17, 15) is 35.4 Å². The van der Waals surface area contributed by atoms with Crippen LogP contribution in [0.2, 0.25) is 0 Å². The number of hydrogen-bond acceptors (Lipinski definition) is 7. The lowest BCUT2D eigenvalue weighted by atomic mass is 9.45. The first-order valence-electron chi connectivity index (χ1n) is 13.0. The lowest BCUT2D eigenvalue weighted by molar-refractivity contribution is -0.183. The highest BCUT2D eigenvalue weighted by Gasteiger charge is 2.69. The van der Waals surface area contributed by atoms with Gasteiger partial charge in [0.25, 0.3) is 0 Å². The van der Waals surface area contributed by atoms with E-state index in [1.54, 1.807) is 26.8 Å². The first-order valence-corrected chi connectivity index (χ1v) is 13.0. The summed E-state index contributed by atoms with van der Waals surface area (Å²) in [6.07, 6.45) is 2.21. The van der Waals surface area contributed by atoms with Crippen molar-refractivity contribution in [3.8, 4) is 0 Å². The molecule has 3 unspecified atom stereocenters. The average molecular weight is 481 g/mol. The molecule has 0 aromatic carbocycles. The van der Waals surface area contributed by atoms with Crippen LogP contribution in [-0.2, 0) is 4.79 Å². The van der Waals surface area contributed by atoms with Crippen LogP contribution in [0.1, 0.15) is 86.0 Å². The first-order chi connectivity index (χ1) is 15.5. The summed E-state index contributed by atoms with van der Waals surface area (Å²) in [5.74, 6) is -1.21. The molecule has 0 aliphatic heterocycles. The van der Waals surface area contributed by atoms with Gasteiger partial charge in [0.15, 0.2) is 5.78 Å². The molecule has 7 heteroatoms. The number of aliphatic hydroxyl groups excluding tert-OH is 3. The number of rotatable bonds is 5. The molecule has 194 valence electrons. The van der Waals surface area contributed by atoms with E-state index < -0.39 is 57.8 Å². The predicted molar refractivity (Wildman–Crippen MR) is 127 cm³/mol. The molecule has 34 heavy (non-hydrogen) atoms. The van der Waals surface area contributed by atoms with Gasteiger partial charge in [0.2, 0.25) is 0 Å². The van der Waals surface area contributed by atoms with Gasteiger partial charge < -0.3 is 30.6 Å². The third-order valence-corrected chi connectivity index (χ3v) is 10.6. The van der Waals surface area contributed by atoms with Gasteiger partial charge in [-0.15, -0.1) is 0 Å². The average Bonchev–Trinajstić information content (AvgIpc) is 3.00. The molecule has 4 aliphatic rings. The minimum atomic E-state index is -1.47. The van der Waals surface area contributed by atoms with E-state index in [1.807, 2.05) is 13.8 Å². The van der Waals surface area contributed by atoms with Gasteiger partial charge in [-0.1, -0.05) is 13.8 Å². The third-order valence-electron chi connectivity index (χ3n) is 10.6. The first kappa shape index (κ1) is 26.2. The number of hydrogen-bond donors (Lipinski definition) is 6. The Labute approximate surface area is 202 Å². The summed E-state index contributed by atoms with van der Waals surface area (Å²) in [7, 11) is 0. The van der Waals surface area contributed by atoms with Crippen LogP contribution in [0.3, 0.4) is 0 Å². The molecule has 3 saturated carbocycles. The van der Waals surface area contributed by atoms with Crippen molar-refractivity contribution in [2.24, 2.45) is 28.6 Å². The number of allylic oxidation sites excluding steroid dienone is 1. The maximum absolute atomic E-state index is 13.3. The fraction of sp³-hybridized carbons (Fsp3) is 0.889. The Hall–Kier alpha value is -0.830. The topological polar surface area (TPSA) is 138 Å². The van der Waals surface area contributed by atoms with Gasteiger partial charge in [-0.2, -0.15) is 0 Å². The summed E-state index contributed by atoms with van der Waals surface area (Å²) < 4.78 is 0. The molecular weight excluding hydrogens is 436 g/mol. The molecule has 0 amide bonds. The van der Waals surface area contributed by atoms with Gasteiger partial charge in [0.05, 0.1) is 35.1 Å². The van der Waals surface area contributed by atoms with Crippen molar-refractivity contribution >= 4 is 5.78 Å². The molecule has 0 saturated heterocycles. The van der Waals surface area contributed by atoms with Crippen LogP contribution in [0, 0.1) is 28.6 Å². The Morgan fingerprint density at radius 1 is 1.06 bits per heavy atom. The predicted octanol–water partition coefficient (Wildman–Crippen LogP) is 1.85. The minimum Gasteiger partial charge on any atom is -0.393 e. The molecule has 0 radical (unpaired) electrons. The molecule has 0 heterocycles. The Morgan fingerprint density at radius 3 is 2.32 bits per heavy atom. The monoisotopic (exact) mass is 480 g/mol. The normalized spacial score (nSPS) is 47.2. The molecule has 0 bridgehead atoms. The summed E-state index contributed by atoms with van der Waals surface area (Å²) in [4.78, 5) is 13.3. The molecule has 7 nitrogen and oxygen atoms in total. The van der Waals surface area contributed by atoms with Crippen molar-refractivity contribution in [3.05, 3.63) is 11.6 Å². The molecule has 3 fully saturated rings. The van der Waals surface area contributed by atoms with Crippen LogP contribution < -0.4 is 0 Å². The highest BCUT2D eigenvalue weighted by molar-refractivity contribution is 5.95. The summed E-state index contributed by atoms with van der Waals surface area (Å²) in [6.45, 7) is 8.85. The second kappa shape index (κ2) is 8.09. The maximum atomic E-state index is 13.3. The van der Waals surface area contributed by atoms with E-state index in [0.717, 1.165) is 0 Å². The van der Waals surface area contributed by atoms with Gasteiger partial charge in [0.1, 0.15) is 0 Å². The van der Waals surface area contributed by atoms with Crippen LogP contribution >= 0.6 is 0 Å². The summed E-state index contributed by atoms with van der Waals surface area (Å²) >= 11 is 0. The Balaban J connectivity index is 1.68. The summed E-state index contributed by atoms with van der Waals surface area (Å²) in [6, 6.07) is 0. The molecule has 4 aliphatic carbocycles. The van der Waals surface area contributed by atoms with Crippen molar-refractivity contribution in [2.45, 2.75) is 121 Å². The van der Waals surface area contributed by atoms with E-state index >= 15 is 0 Å². The Kier molecular flexibility index (Phi) is 6.24. The molecule has 10 atom stereocenters. The lowest BCUT2D eigenvalue weighted by Gasteiger charge is -2.61. The number of aliphatic hydroxyl groups is 6. The second-order valence-electron chi connectivity index (χ2n) is 13.1. The Bertz CT molecular complexity index is 860. The number of carbonyl (C=O) groups excluding carboxylic acids is 1. The molecule has 0 aromatic heterocycles. The van der Waals surface area contributed by atoms with Crippen LogP contribution in [-0.4, -0.2) is 71.5 Å². The van der Waals surface area contributed by atoms with Crippen molar-refractivity contribution in [1.82, 2.24) is 0 Å². The molecule has 0 spiro atoms. The lowest BCUT2D eigenvalue weighted by Crippen LogP contribution is -2.64. The van der Waals surface area contributed by atoms with Gasteiger partial charge in [-0.25, -0.2) is 0 Å². The van der Waals surface area contributed by atoms with E-state index in [-0.39, 0.29) is 24.5 Å². The maximum Gasteiger partial charge on any atom is 0.159 e. The number of carbonyl (C=O) groups is 1. The van der Waals surface area contributed by atoms with Crippen molar-refractivity contribution in [1.29, 1.82) is 0 Å². The van der Waals surface area contributed by atoms with Crippen molar-refractivity contribution < 1.29 is 35.4 Å². The SMILES string of the molecule is CC(C)(O)CC[C@@H](O)C(C)(O)[C@@H]1CC[C@@]2(O)C3=CC(=O)[C@@H]4C[C@@H](O)CC(O)[C@]4(C)C3CC[C@]12C. The molecular formula is C27H44O7. The van der Waals surface area contributed by atoms with E-state index in [0.29, 0.717) is 44.1 Å². The fourth-order valence-electron chi connectivity index (χ4n) is 8.32. The Morgan fingerprint density at radius 2 is 1.71 bits per heavy atom. The van der Waals surface area contributed by atoms with Crippen LogP contribution in [0.5, 0.6) is 0 Å². The zero-order valence-corrected chi connectivity index (χ0v) is 21.3. The van der Waals surface area contributed by atoms with Crippen LogP contribution in [0.25, 0.3) is 0 Å². The zero-order chi connectivity index (χ0) is 25.5. The fourth-order valence-corrected chi connectivity index (χ4v) is 8.32. The standard InChI is InChI=1S/C27H44O7/c1-23(2,32)9-8-21(30)26(5,33)20-7-11-27(34)17-14-19(29)18-12-15(28)13-22(31)25(18,4)16(17)6-10-24(20,27)3/h14-16,18,20-22,28,30-34H,6-13H2,1-5H3/t15-,16?,18+,20-,21-,22?,24-,25-,26?,27-/m1/s1. The van der Waals surface area contributed by atoms with E-state index in [1.165, 1.54) is 0 Å². The highest BCUT2D eigenvalue weighted by Crippen LogP contribution is 2.68. The van der Waals surface area contributed by atoms with Crippen LogP contribution in [0.4, 0.5) is 0 Å². The summed E-state index contributed by atoms with van der Waals surface area (Å²) in [5.41, 5.74) is -4.59. The quantitative estimate of drug-likeness (QED) is 0.353. The molecule has 0 aromatic rings. The van der Waals surface area contributed by atoms with E-state index in [4.69, 9.17) is 0 Å². The summed E-state index contributed by atoms with van der Waals surface area (Å²) in [5, 5.41) is 66.1. The molecule has 4 rings (SSSR count). The second-order valence-corrected chi connectivity index (χ2v) is 13.1. The van der Waals surface area contributed by atoms with Crippen LogP contribution in [0.15, 0.2) is 11.6 Å². The van der Waals surface area contributed by atoms with Crippen molar-refractivity contribution in [2.75, 3.05) is 0 Å². The zero-order valence-electron chi connectivity index (χ0n) is 21.3. The third kappa shape index (κ3) is 3.65. The van der Waals surface area contributed by atoms with Gasteiger partial charge in [0, 0.05) is 16.7 Å². The largest absolute Gasteiger partial charge is 0.393 e. The number of ketones is 1. The van der Waals surface area contributed by atoms with Crippen molar-refractivity contribution in [3.63, 3.8) is 0 Å². The highest BCUT2D eigenvalue weighted by atomic mass is 16.3. The number of fused-ring (bicyclic) bond motifs is 5. The minimum absolute atomic E-state index is 0.148. The van der Waals surface area contributed by atoms with Gasteiger partial charge in [-0.05, 0) is 95.6 Å².